The fourth-order valence-electron chi connectivity index (χ4n) is 1.68. The van der Waals surface area contributed by atoms with Crippen LogP contribution in [-0.4, -0.2) is 29.3 Å². The van der Waals surface area contributed by atoms with E-state index in [2.05, 4.69) is 6.58 Å². The average molecular weight is 168 g/mol. The topological polar surface area (TPSA) is 46.3 Å². The van der Waals surface area contributed by atoms with Gasteiger partial charge in [0.1, 0.15) is 0 Å². The molecular formula is C9H16N2O. The first-order chi connectivity index (χ1) is 5.52. The summed E-state index contributed by atoms with van der Waals surface area (Å²) in [5.74, 6) is 0.186. The summed E-state index contributed by atoms with van der Waals surface area (Å²) in [7, 11) is 0. The fraction of sp³-hybridized carbons (Fsp3) is 0.667. The molecule has 1 rings (SSSR count). The molecule has 0 aromatic heterocycles. The molecule has 0 aromatic rings. The van der Waals surface area contributed by atoms with Gasteiger partial charge in [-0.3, -0.25) is 4.79 Å². The molecule has 1 fully saturated rings. The quantitative estimate of drug-likeness (QED) is 0.653. The molecule has 2 unspecified atom stereocenters. The van der Waals surface area contributed by atoms with E-state index in [9.17, 15) is 4.79 Å². The lowest BCUT2D eigenvalue weighted by molar-refractivity contribution is -0.120. The van der Waals surface area contributed by atoms with Crippen molar-refractivity contribution in [2.24, 2.45) is 5.73 Å². The van der Waals surface area contributed by atoms with Crippen LogP contribution in [0.2, 0.25) is 0 Å². The molecule has 2 N–H and O–H groups in total. The number of carbonyl (C=O) groups is 1. The molecule has 0 aliphatic carbocycles. The van der Waals surface area contributed by atoms with Crippen LogP contribution in [0.3, 0.4) is 0 Å². The van der Waals surface area contributed by atoms with Crippen molar-refractivity contribution in [2.75, 3.05) is 6.54 Å². The second-order valence-electron chi connectivity index (χ2n) is 3.51. The van der Waals surface area contributed by atoms with Gasteiger partial charge in [0.2, 0.25) is 0 Å². The Morgan fingerprint density at radius 1 is 1.58 bits per heavy atom. The van der Waals surface area contributed by atoms with Gasteiger partial charge in [-0.1, -0.05) is 6.58 Å². The van der Waals surface area contributed by atoms with E-state index < -0.39 is 0 Å². The largest absolute Gasteiger partial charge is 0.364 e. The Morgan fingerprint density at radius 2 is 2.17 bits per heavy atom. The second kappa shape index (κ2) is 3.27. The van der Waals surface area contributed by atoms with Crippen LogP contribution in [0.5, 0.6) is 0 Å². The molecule has 12 heavy (non-hydrogen) atoms. The van der Waals surface area contributed by atoms with E-state index in [1.165, 1.54) is 0 Å². The summed E-state index contributed by atoms with van der Waals surface area (Å²) in [6.45, 7) is 8.11. The molecule has 3 nitrogen and oxygen atoms in total. The van der Waals surface area contributed by atoms with Crippen molar-refractivity contribution < 1.29 is 4.79 Å². The molecule has 0 saturated carbocycles. The van der Waals surface area contributed by atoms with E-state index in [4.69, 9.17) is 5.73 Å². The summed E-state index contributed by atoms with van der Waals surface area (Å²) in [4.78, 5) is 13.2. The number of likely N-dealkylation sites (tertiary alicyclic amines) is 1. The van der Waals surface area contributed by atoms with Crippen molar-refractivity contribution >= 4 is 5.78 Å². The Morgan fingerprint density at radius 3 is 2.50 bits per heavy atom. The third-order valence-corrected chi connectivity index (χ3v) is 2.29. The Bertz CT molecular complexity index is 191. The van der Waals surface area contributed by atoms with Crippen LogP contribution in [0.1, 0.15) is 20.3 Å². The van der Waals surface area contributed by atoms with E-state index in [-0.39, 0.29) is 17.9 Å². The predicted molar refractivity (Wildman–Crippen MR) is 48.6 cm³/mol. The van der Waals surface area contributed by atoms with Crippen LogP contribution in [0.15, 0.2) is 12.3 Å². The van der Waals surface area contributed by atoms with Crippen molar-refractivity contribution in [1.82, 2.24) is 4.90 Å². The molecule has 1 saturated heterocycles. The van der Waals surface area contributed by atoms with Gasteiger partial charge in [-0.15, -0.1) is 0 Å². The third-order valence-electron chi connectivity index (χ3n) is 2.29. The highest BCUT2D eigenvalue weighted by Gasteiger charge is 2.32. The maximum Gasteiger partial charge on any atom is 0.152 e. The van der Waals surface area contributed by atoms with Gasteiger partial charge in [-0.25, -0.2) is 0 Å². The van der Waals surface area contributed by atoms with Crippen molar-refractivity contribution in [1.29, 1.82) is 0 Å². The number of rotatable bonds is 2. The van der Waals surface area contributed by atoms with E-state index >= 15 is 0 Å². The summed E-state index contributed by atoms with van der Waals surface area (Å²) >= 11 is 0. The number of carbonyl (C=O) groups excluding carboxylic acids is 1. The zero-order valence-electron chi connectivity index (χ0n) is 7.71. The molecule has 2 atom stereocenters. The van der Waals surface area contributed by atoms with E-state index in [0.29, 0.717) is 0 Å². The van der Waals surface area contributed by atoms with Gasteiger partial charge in [-0.05, 0) is 20.3 Å². The first-order valence-electron chi connectivity index (χ1n) is 4.20. The van der Waals surface area contributed by atoms with Gasteiger partial charge in [0, 0.05) is 18.3 Å². The van der Waals surface area contributed by atoms with Gasteiger partial charge in [0.25, 0.3) is 0 Å². The summed E-state index contributed by atoms with van der Waals surface area (Å²) in [6.07, 6.45) is 0.766. The maximum absolute atomic E-state index is 11.2. The molecule has 1 aliphatic heterocycles. The SMILES string of the molecule is C=C(C)N1CC(N)CC1C(C)=O. The molecule has 1 aliphatic rings. The molecule has 0 aromatic carbocycles. The van der Waals surface area contributed by atoms with Crippen LogP contribution in [0, 0.1) is 0 Å². The summed E-state index contributed by atoms with van der Waals surface area (Å²) < 4.78 is 0. The first kappa shape index (κ1) is 9.26. The number of hydrogen-bond acceptors (Lipinski definition) is 3. The van der Waals surface area contributed by atoms with Gasteiger partial charge >= 0.3 is 0 Å². The number of Topliss-reactive ketones (excluding diaryl/α,β-unsaturated/α-hetero) is 1. The van der Waals surface area contributed by atoms with Crippen LogP contribution in [0.25, 0.3) is 0 Å². The smallest absolute Gasteiger partial charge is 0.152 e. The minimum absolute atomic E-state index is 0.0301. The average Bonchev–Trinajstić information content (AvgIpc) is 2.31. The lowest BCUT2D eigenvalue weighted by Gasteiger charge is -2.24. The number of ketones is 1. The van der Waals surface area contributed by atoms with Gasteiger partial charge in [0.15, 0.2) is 5.78 Å². The molecule has 68 valence electrons. The zero-order chi connectivity index (χ0) is 9.30. The van der Waals surface area contributed by atoms with Crippen molar-refractivity contribution in [3.8, 4) is 0 Å². The lowest BCUT2D eigenvalue weighted by atomic mass is 10.1. The highest BCUT2D eigenvalue weighted by Crippen LogP contribution is 2.20. The minimum atomic E-state index is -0.0301. The third kappa shape index (κ3) is 1.67. The molecule has 0 amide bonds. The Balaban J connectivity index is 2.72. The van der Waals surface area contributed by atoms with Crippen molar-refractivity contribution in [2.45, 2.75) is 32.4 Å². The monoisotopic (exact) mass is 168 g/mol. The van der Waals surface area contributed by atoms with Gasteiger partial charge < -0.3 is 10.6 Å². The highest BCUT2D eigenvalue weighted by molar-refractivity contribution is 5.82. The minimum Gasteiger partial charge on any atom is -0.364 e. The number of nitrogens with zero attached hydrogens (tertiary/aromatic N) is 1. The van der Waals surface area contributed by atoms with Crippen LogP contribution in [-0.2, 0) is 4.79 Å². The van der Waals surface area contributed by atoms with Gasteiger partial charge in [-0.2, -0.15) is 0 Å². The Hall–Kier alpha value is -0.830. The van der Waals surface area contributed by atoms with E-state index in [1.54, 1.807) is 6.92 Å². The maximum atomic E-state index is 11.2. The Labute approximate surface area is 73.2 Å². The predicted octanol–water partition coefficient (Wildman–Crippen LogP) is 0.511. The molecule has 0 radical (unpaired) electrons. The van der Waals surface area contributed by atoms with Crippen LogP contribution in [0.4, 0.5) is 0 Å². The highest BCUT2D eigenvalue weighted by atomic mass is 16.1. The van der Waals surface area contributed by atoms with Crippen LogP contribution < -0.4 is 5.73 Å². The Kier molecular flexibility index (Phi) is 2.52. The van der Waals surface area contributed by atoms with Crippen molar-refractivity contribution in [3.63, 3.8) is 0 Å². The molecule has 1 heterocycles. The molecule has 3 heteroatoms. The molecule has 0 spiro atoms. The fourth-order valence-corrected chi connectivity index (χ4v) is 1.68. The second-order valence-corrected chi connectivity index (χ2v) is 3.51. The molecular weight excluding hydrogens is 152 g/mol. The number of allylic oxidation sites excluding steroid dienone is 1. The van der Waals surface area contributed by atoms with Crippen LogP contribution >= 0.6 is 0 Å². The van der Waals surface area contributed by atoms with Crippen molar-refractivity contribution in [3.05, 3.63) is 12.3 Å². The number of nitrogens with two attached hydrogens (primary N) is 1. The normalized spacial score (nSPS) is 29.1. The molecule has 0 bridgehead atoms. The van der Waals surface area contributed by atoms with E-state index in [0.717, 1.165) is 18.7 Å². The van der Waals surface area contributed by atoms with E-state index in [1.807, 2.05) is 11.8 Å². The zero-order valence-corrected chi connectivity index (χ0v) is 7.71. The van der Waals surface area contributed by atoms with Gasteiger partial charge in [0.05, 0.1) is 6.04 Å². The summed E-state index contributed by atoms with van der Waals surface area (Å²) in [5.41, 5.74) is 6.69. The standard InChI is InChI=1S/C9H16N2O/c1-6(2)11-5-8(10)4-9(11)7(3)12/h8-9H,1,4-5,10H2,2-3H3. The first-order valence-corrected chi connectivity index (χ1v) is 4.20. The summed E-state index contributed by atoms with van der Waals surface area (Å²) in [5, 5.41) is 0. The summed E-state index contributed by atoms with van der Waals surface area (Å²) in [6, 6.07) is 0.0908. The number of hydrogen-bond donors (Lipinski definition) is 1. The lowest BCUT2D eigenvalue weighted by Crippen LogP contribution is -2.33.